The maximum atomic E-state index is 13.0. The maximum absolute atomic E-state index is 13.0. The number of ether oxygens (including phenoxy) is 3. The molecule has 0 fully saturated rings. The molecule has 1 heterocycles. The number of aromatic nitrogens is 2. The van der Waals surface area contributed by atoms with Crippen LogP contribution in [0.2, 0.25) is 10.0 Å². The predicted molar refractivity (Wildman–Crippen MR) is 92.2 cm³/mol. The third-order valence-corrected chi connectivity index (χ3v) is 4.00. The number of alkyl halides is 2. The number of hydrogen-bond donors (Lipinski definition) is 0. The van der Waals surface area contributed by atoms with Crippen molar-refractivity contribution in [2.24, 2.45) is 7.05 Å². The number of aldehydes is 1. The van der Waals surface area contributed by atoms with Crippen LogP contribution in [0.4, 0.5) is 8.78 Å². The standard InChI is InChI=1S/C16H14Cl2F2N2O5/c1-7(16(24)25-3)26-11-5-12(10(18)4-9(11)17)27-15-8(6-23)13(14(19)20)21-22(15)2/h4-7,14H,1-3H3/t7-/m0/s1. The number of nitrogens with zero attached hydrogens (tertiary/aromatic N) is 2. The van der Waals surface area contributed by atoms with E-state index in [0.717, 1.165) is 4.68 Å². The molecular weight excluding hydrogens is 409 g/mol. The van der Waals surface area contributed by atoms with Crippen LogP contribution in [0.15, 0.2) is 12.1 Å². The van der Waals surface area contributed by atoms with Crippen LogP contribution in [0.3, 0.4) is 0 Å². The highest BCUT2D eigenvalue weighted by Crippen LogP contribution is 2.40. The van der Waals surface area contributed by atoms with E-state index in [0.29, 0.717) is 0 Å². The molecule has 2 aromatic rings. The average Bonchev–Trinajstić information content (AvgIpc) is 2.94. The molecule has 7 nitrogen and oxygen atoms in total. The highest BCUT2D eigenvalue weighted by molar-refractivity contribution is 6.36. The zero-order chi connectivity index (χ0) is 20.3. The molecule has 0 saturated heterocycles. The van der Waals surface area contributed by atoms with E-state index < -0.39 is 29.8 Å². The molecule has 1 aromatic carbocycles. The molecule has 0 bridgehead atoms. The SMILES string of the molecule is COC(=O)[C@H](C)Oc1cc(Oc2c(C=O)c(C(F)F)nn2C)c(Cl)cc1Cl. The summed E-state index contributed by atoms with van der Waals surface area (Å²) in [6, 6.07) is 2.54. The summed E-state index contributed by atoms with van der Waals surface area (Å²) in [5, 5.41) is 3.68. The van der Waals surface area contributed by atoms with Crippen LogP contribution < -0.4 is 9.47 Å². The van der Waals surface area contributed by atoms with E-state index in [1.165, 1.54) is 33.2 Å². The summed E-state index contributed by atoms with van der Waals surface area (Å²) < 4.78 is 42.4. The summed E-state index contributed by atoms with van der Waals surface area (Å²) >= 11 is 12.1. The summed E-state index contributed by atoms with van der Waals surface area (Å²) in [7, 11) is 2.53. The van der Waals surface area contributed by atoms with Crippen LogP contribution in [-0.2, 0) is 16.6 Å². The van der Waals surface area contributed by atoms with E-state index in [2.05, 4.69) is 9.84 Å². The van der Waals surface area contributed by atoms with E-state index >= 15 is 0 Å². The highest BCUT2D eigenvalue weighted by atomic mass is 35.5. The Hall–Kier alpha value is -2.39. The predicted octanol–water partition coefficient (Wildman–Crippen LogP) is 4.21. The van der Waals surface area contributed by atoms with Gasteiger partial charge < -0.3 is 14.2 Å². The van der Waals surface area contributed by atoms with E-state index in [9.17, 15) is 18.4 Å². The fourth-order valence-electron chi connectivity index (χ4n) is 2.13. The average molecular weight is 423 g/mol. The monoisotopic (exact) mass is 422 g/mol. The van der Waals surface area contributed by atoms with Crippen molar-refractivity contribution in [3.05, 3.63) is 33.4 Å². The number of methoxy groups -OCH3 is 1. The number of carbonyl (C=O) groups is 2. The smallest absolute Gasteiger partial charge is 0.346 e. The summed E-state index contributed by atoms with van der Waals surface area (Å²) in [6.07, 6.45) is -3.73. The van der Waals surface area contributed by atoms with Crippen LogP contribution in [0.1, 0.15) is 29.4 Å². The lowest BCUT2D eigenvalue weighted by Crippen LogP contribution is -2.25. The van der Waals surface area contributed by atoms with E-state index in [1.807, 2.05) is 0 Å². The molecule has 0 aliphatic heterocycles. The fraction of sp³-hybridized carbons (Fsp3) is 0.312. The van der Waals surface area contributed by atoms with Gasteiger partial charge in [0.2, 0.25) is 5.88 Å². The van der Waals surface area contributed by atoms with Crippen LogP contribution in [0, 0.1) is 0 Å². The number of rotatable bonds is 7. The first-order valence-corrected chi connectivity index (χ1v) is 8.16. The van der Waals surface area contributed by atoms with Gasteiger partial charge in [-0.2, -0.15) is 5.10 Å². The molecule has 146 valence electrons. The van der Waals surface area contributed by atoms with Crippen molar-refractivity contribution < 1.29 is 32.6 Å². The Labute approximate surface area is 162 Å². The number of carbonyl (C=O) groups excluding carboxylic acids is 2. The van der Waals surface area contributed by atoms with E-state index in [4.69, 9.17) is 32.7 Å². The molecule has 0 aliphatic rings. The fourth-order valence-corrected chi connectivity index (χ4v) is 2.59. The van der Waals surface area contributed by atoms with Gasteiger partial charge in [-0.25, -0.2) is 18.3 Å². The van der Waals surface area contributed by atoms with E-state index in [-0.39, 0.29) is 33.7 Å². The van der Waals surface area contributed by atoms with Gasteiger partial charge >= 0.3 is 5.97 Å². The van der Waals surface area contributed by atoms with Gasteiger partial charge in [0, 0.05) is 13.1 Å². The Kier molecular flexibility index (Phi) is 6.61. The molecule has 0 N–H and O–H groups in total. The second-order valence-electron chi connectivity index (χ2n) is 5.24. The lowest BCUT2D eigenvalue weighted by molar-refractivity contribution is -0.147. The first-order valence-electron chi connectivity index (χ1n) is 7.41. The minimum atomic E-state index is -2.96. The molecular formula is C16H14Cl2F2N2O5. The lowest BCUT2D eigenvalue weighted by atomic mass is 10.2. The Bertz CT molecular complexity index is 873. The molecule has 0 saturated carbocycles. The number of benzene rings is 1. The molecule has 0 spiro atoms. The molecule has 27 heavy (non-hydrogen) atoms. The van der Waals surface area contributed by atoms with Gasteiger partial charge in [0.05, 0.1) is 17.2 Å². The van der Waals surface area contributed by atoms with Gasteiger partial charge in [-0.15, -0.1) is 0 Å². The highest BCUT2D eigenvalue weighted by Gasteiger charge is 2.25. The normalized spacial score (nSPS) is 12.0. The zero-order valence-corrected chi connectivity index (χ0v) is 15.8. The summed E-state index contributed by atoms with van der Waals surface area (Å²) in [4.78, 5) is 22.7. The van der Waals surface area contributed by atoms with Crippen molar-refractivity contribution in [3.63, 3.8) is 0 Å². The second-order valence-corrected chi connectivity index (χ2v) is 6.06. The molecule has 1 aromatic heterocycles. The minimum Gasteiger partial charge on any atom is -0.477 e. The van der Waals surface area contributed by atoms with Gasteiger partial charge in [-0.3, -0.25) is 4.79 Å². The largest absolute Gasteiger partial charge is 0.477 e. The summed E-state index contributed by atoms with van der Waals surface area (Å²) in [5.41, 5.74) is -1.13. The van der Waals surface area contributed by atoms with Gasteiger partial charge in [-0.1, -0.05) is 23.2 Å². The Morgan fingerprint density at radius 2 is 1.89 bits per heavy atom. The van der Waals surface area contributed by atoms with Crippen molar-refractivity contribution in [1.29, 1.82) is 0 Å². The van der Waals surface area contributed by atoms with Crippen molar-refractivity contribution in [1.82, 2.24) is 9.78 Å². The van der Waals surface area contributed by atoms with Crippen LogP contribution in [0.25, 0.3) is 0 Å². The van der Waals surface area contributed by atoms with Gasteiger partial charge in [0.15, 0.2) is 18.1 Å². The molecule has 0 radical (unpaired) electrons. The molecule has 11 heteroatoms. The molecule has 0 unspecified atom stereocenters. The number of halogens is 4. The molecule has 0 amide bonds. The summed E-state index contributed by atoms with van der Waals surface area (Å²) in [6.45, 7) is 1.44. The van der Waals surface area contributed by atoms with Crippen molar-refractivity contribution >= 4 is 35.5 Å². The second kappa shape index (κ2) is 8.53. The topological polar surface area (TPSA) is 79.7 Å². The molecule has 0 aliphatic carbocycles. The van der Waals surface area contributed by atoms with Crippen LogP contribution >= 0.6 is 23.2 Å². The Balaban J connectivity index is 2.41. The minimum absolute atomic E-state index is 0.0229. The number of hydrogen-bond acceptors (Lipinski definition) is 6. The first kappa shape index (κ1) is 20.9. The lowest BCUT2D eigenvalue weighted by Gasteiger charge is -2.16. The van der Waals surface area contributed by atoms with Crippen molar-refractivity contribution in [2.75, 3.05) is 7.11 Å². The van der Waals surface area contributed by atoms with Gasteiger partial charge in [-0.05, 0) is 13.0 Å². The molecule has 2 rings (SSSR count). The van der Waals surface area contributed by atoms with E-state index in [1.54, 1.807) is 0 Å². The number of aryl methyl sites for hydroxylation is 1. The quantitative estimate of drug-likeness (QED) is 0.491. The Morgan fingerprint density at radius 3 is 2.44 bits per heavy atom. The number of esters is 1. The van der Waals surface area contributed by atoms with Crippen LogP contribution in [0.5, 0.6) is 17.4 Å². The van der Waals surface area contributed by atoms with Crippen molar-refractivity contribution in [2.45, 2.75) is 19.5 Å². The first-order chi connectivity index (χ1) is 12.7. The zero-order valence-electron chi connectivity index (χ0n) is 14.3. The van der Waals surface area contributed by atoms with Gasteiger partial charge in [0.25, 0.3) is 6.43 Å². The third kappa shape index (κ3) is 4.48. The maximum Gasteiger partial charge on any atom is 0.346 e. The van der Waals surface area contributed by atoms with Gasteiger partial charge in [0.1, 0.15) is 17.0 Å². The third-order valence-electron chi connectivity index (χ3n) is 3.41. The molecule has 1 atom stereocenters. The summed E-state index contributed by atoms with van der Waals surface area (Å²) in [5.74, 6) is -0.880. The van der Waals surface area contributed by atoms with Crippen LogP contribution in [-0.4, -0.2) is 35.2 Å². The van der Waals surface area contributed by atoms with Crippen molar-refractivity contribution in [3.8, 4) is 17.4 Å². The Morgan fingerprint density at radius 1 is 1.26 bits per heavy atom.